The molecule has 166 valence electrons. The number of piperazine rings is 1. The molecule has 1 aromatic heterocycles. The van der Waals surface area contributed by atoms with E-state index in [1.54, 1.807) is 11.0 Å². The summed E-state index contributed by atoms with van der Waals surface area (Å²) in [5, 5.41) is 1.50. The van der Waals surface area contributed by atoms with Crippen LogP contribution >= 0.6 is 11.6 Å². The van der Waals surface area contributed by atoms with Crippen LogP contribution in [-0.4, -0.2) is 54.0 Å². The van der Waals surface area contributed by atoms with Crippen molar-refractivity contribution >= 4 is 40.7 Å². The lowest BCUT2D eigenvalue weighted by Gasteiger charge is -2.36. The molecule has 7 heteroatoms. The van der Waals surface area contributed by atoms with Crippen LogP contribution in [0.25, 0.3) is 22.0 Å². The zero-order valence-corrected chi connectivity index (χ0v) is 19.2. The standard InChI is InChI=1S/C25H26ClN3O3/c1-25(2,3)32-24(31)29-11-9-28(10-12-29)23-21(26)15-20-14-19(7-8-22(20)27-23)18-6-4-5-17(13-18)16-30/h4-8,13-16H,9-12H2,1-3H3. The number of pyridine rings is 1. The fourth-order valence-corrected chi connectivity index (χ4v) is 4.04. The lowest BCUT2D eigenvalue weighted by atomic mass is 10.0. The van der Waals surface area contributed by atoms with Gasteiger partial charge in [0.15, 0.2) is 0 Å². The first-order valence-corrected chi connectivity index (χ1v) is 11.0. The molecule has 1 aliphatic heterocycles. The Hall–Kier alpha value is -3.12. The maximum Gasteiger partial charge on any atom is 0.410 e. The monoisotopic (exact) mass is 451 g/mol. The number of carbonyl (C=O) groups excluding carboxylic acids is 2. The SMILES string of the molecule is CC(C)(C)OC(=O)N1CCN(c2nc3ccc(-c4cccc(C=O)c4)cc3cc2Cl)CC1. The van der Waals surface area contributed by atoms with Crippen LogP contribution in [0.4, 0.5) is 10.6 Å². The minimum absolute atomic E-state index is 0.291. The zero-order chi connectivity index (χ0) is 22.9. The van der Waals surface area contributed by atoms with Crippen LogP contribution in [-0.2, 0) is 4.74 Å². The van der Waals surface area contributed by atoms with E-state index in [1.165, 1.54) is 0 Å². The Morgan fingerprint density at radius 2 is 1.75 bits per heavy atom. The molecule has 3 aromatic rings. The summed E-state index contributed by atoms with van der Waals surface area (Å²) in [6, 6.07) is 15.4. The van der Waals surface area contributed by atoms with Crippen molar-refractivity contribution < 1.29 is 14.3 Å². The molecule has 0 atom stereocenters. The largest absolute Gasteiger partial charge is 0.444 e. The van der Waals surface area contributed by atoms with Gasteiger partial charge in [-0.15, -0.1) is 0 Å². The summed E-state index contributed by atoms with van der Waals surface area (Å²) in [7, 11) is 0. The Kier molecular flexibility index (Phi) is 6.07. The van der Waals surface area contributed by atoms with Crippen molar-refractivity contribution in [3.8, 4) is 11.1 Å². The van der Waals surface area contributed by atoms with Gasteiger partial charge in [-0.05, 0) is 56.2 Å². The van der Waals surface area contributed by atoms with Gasteiger partial charge in [-0.2, -0.15) is 0 Å². The van der Waals surface area contributed by atoms with Gasteiger partial charge >= 0.3 is 6.09 Å². The second kappa shape index (κ2) is 8.79. The molecule has 0 unspecified atom stereocenters. The number of rotatable bonds is 3. The van der Waals surface area contributed by atoms with Crippen molar-refractivity contribution in [2.45, 2.75) is 26.4 Å². The van der Waals surface area contributed by atoms with Gasteiger partial charge in [0.25, 0.3) is 0 Å². The number of halogens is 1. The van der Waals surface area contributed by atoms with Gasteiger partial charge in [-0.25, -0.2) is 9.78 Å². The van der Waals surface area contributed by atoms with Crippen molar-refractivity contribution in [1.82, 2.24) is 9.88 Å². The topological polar surface area (TPSA) is 62.7 Å². The highest BCUT2D eigenvalue weighted by atomic mass is 35.5. The highest BCUT2D eigenvalue weighted by molar-refractivity contribution is 6.33. The molecule has 1 saturated heterocycles. The van der Waals surface area contributed by atoms with E-state index in [4.69, 9.17) is 21.3 Å². The van der Waals surface area contributed by atoms with Gasteiger partial charge in [0, 0.05) is 37.1 Å². The smallest absolute Gasteiger partial charge is 0.410 e. The molecule has 2 aromatic carbocycles. The number of anilines is 1. The first kappa shape index (κ1) is 22.1. The fourth-order valence-electron chi connectivity index (χ4n) is 3.76. The van der Waals surface area contributed by atoms with Gasteiger partial charge in [0.2, 0.25) is 0 Å². The zero-order valence-electron chi connectivity index (χ0n) is 18.5. The van der Waals surface area contributed by atoms with Gasteiger partial charge in [0.1, 0.15) is 17.7 Å². The highest BCUT2D eigenvalue weighted by Crippen LogP contribution is 2.31. The number of nitrogens with zero attached hydrogens (tertiary/aromatic N) is 3. The molecular formula is C25H26ClN3O3. The van der Waals surface area contributed by atoms with Crippen LogP contribution in [0.2, 0.25) is 5.02 Å². The number of hydrogen-bond donors (Lipinski definition) is 0. The van der Waals surface area contributed by atoms with Gasteiger partial charge < -0.3 is 14.5 Å². The van der Waals surface area contributed by atoms with Gasteiger partial charge in [0.05, 0.1) is 10.5 Å². The van der Waals surface area contributed by atoms with E-state index < -0.39 is 5.60 Å². The Labute approximate surface area is 192 Å². The van der Waals surface area contributed by atoms with E-state index in [2.05, 4.69) is 4.90 Å². The summed E-state index contributed by atoms with van der Waals surface area (Å²) in [4.78, 5) is 32.0. The molecule has 6 nitrogen and oxygen atoms in total. The van der Waals surface area contributed by atoms with Crippen molar-refractivity contribution in [2.75, 3.05) is 31.1 Å². The lowest BCUT2D eigenvalue weighted by molar-refractivity contribution is 0.0240. The Morgan fingerprint density at radius 1 is 1.03 bits per heavy atom. The minimum atomic E-state index is -0.509. The number of fused-ring (bicyclic) bond motifs is 1. The molecule has 1 aliphatic rings. The molecule has 2 heterocycles. The Balaban J connectivity index is 1.53. The molecule has 4 rings (SSSR count). The quantitative estimate of drug-likeness (QED) is 0.497. The first-order chi connectivity index (χ1) is 15.2. The summed E-state index contributed by atoms with van der Waals surface area (Å²) in [5.41, 5.74) is 2.94. The normalized spacial score (nSPS) is 14.5. The van der Waals surface area contributed by atoms with E-state index in [9.17, 15) is 9.59 Å². The average molecular weight is 452 g/mol. The predicted octanol–water partition coefficient (Wildman–Crippen LogP) is 5.42. The molecule has 0 aliphatic carbocycles. The van der Waals surface area contributed by atoms with Crippen LogP contribution in [0.1, 0.15) is 31.1 Å². The summed E-state index contributed by atoms with van der Waals surface area (Å²) in [6.45, 7) is 7.97. The predicted molar refractivity (Wildman–Crippen MR) is 128 cm³/mol. The van der Waals surface area contributed by atoms with Crippen LogP contribution in [0.15, 0.2) is 48.5 Å². The molecule has 1 amide bonds. The highest BCUT2D eigenvalue weighted by Gasteiger charge is 2.27. The van der Waals surface area contributed by atoms with E-state index in [-0.39, 0.29) is 6.09 Å². The molecule has 0 radical (unpaired) electrons. The minimum Gasteiger partial charge on any atom is -0.444 e. The van der Waals surface area contributed by atoms with E-state index in [0.717, 1.165) is 34.1 Å². The number of hydrogen-bond acceptors (Lipinski definition) is 5. The average Bonchev–Trinajstić information content (AvgIpc) is 2.77. The number of amides is 1. The molecule has 0 bridgehead atoms. The summed E-state index contributed by atoms with van der Waals surface area (Å²) in [6.07, 6.45) is 0.554. The second-order valence-electron chi connectivity index (χ2n) is 8.90. The van der Waals surface area contributed by atoms with Crippen LogP contribution in [0.3, 0.4) is 0 Å². The van der Waals surface area contributed by atoms with Crippen molar-refractivity contribution in [3.63, 3.8) is 0 Å². The lowest BCUT2D eigenvalue weighted by Crippen LogP contribution is -2.50. The molecule has 0 N–H and O–H groups in total. The third kappa shape index (κ3) is 4.86. The number of aromatic nitrogens is 1. The number of aldehydes is 1. The number of carbonyl (C=O) groups is 2. The Morgan fingerprint density at radius 3 is 2.44 bits per heavy atom. The number of benzene rings is 2. The van der Waals surface area contributed by atoms with Crippen LogP contribution in [0, 0.1) is 0 Å². The molecule has 32 heavy (non-hydrogen) atoms. The maximum atomic E-state index is 12.3. The summed E-state index contributed by atoms with van der Waals surface area (Å²) < 4.78 is 5.47. The van der Waals surface area contributed by atoms with Gasteiger partial charge in [-0.3, -0.25) is 4.79 Å². The summed E-state index contributed by atoms with van der Waals surface area (Å²) >= 11 is 6.61. The molecule has 0 spiro atoms. The first-order valence-electron chi connectivity index (χ1n) is 10.6. The molecule has 1 fully saturated rings. The van der Waals surface area contributed by atoms with E-state index >= 15 is 0 Å². The Bertz CT molecular complexity index is 1160. The molecule has 0 saturated carbocycles. The molecular weight excluding hydrogens is 426 g/mol. The van der Waals surface area contributed by atoms with Crippen LogP contribution < -0.4 is 4.90 Å². The van der Waals surface area contributed by atoms with E-state index in [0.29, 0.717) is 36.8 Å². The van der Waals surface area contributed by atoms with Crippen molar-refractivity contribution in [1.29, 1.82) is 0 Å². The maximum absolute atomic E-state index is 12.3. The van der Waals surface area contributed by atoms with Gasteiger partial charge in [-0.1, -0.05) is 35.9 Å². The van der Waals surface area contributed by atoms with Crippen molar-refractivity contribution in [2.24, 2.45) is 0 Å². The third-order valence-corrected chi connectivity index (χ3v) is 5.61. The number of ether oxygens (including phenoxy) is 1. The summed E-state index contributed by atoms with van der Waals surface area (Å²) in [5.74, 6) is 0.721. The van der Waals surface area contributed by atoms with Crippen LogP contribution in [0.5, 0.6) is 0 Å². The third-order valence-electron chi connectivity index (χ3n) is 5.34. The van der Waals surface area contributed by atoms with Crippen molar-refractivity contribution in [3.05, 3.63) is 59.1 Å². The van der Waals surface area contributed by atoms with E-state index in [1.807, 2.05) is 63.2 Å². The fraction of sp³-hybridized carbons (Fsp3) is 0.320. The second-order valence-corrected chi connectivity index (χ2v) is 9.31.